The van der Waals surface area contributed by atoms with Crippen molar-refractivity contribution in [3.63, 3.8) is 0 Å². The number of nitrogens with two attached hydrogens (primary N) is 1. The number of hydrogen-bond acceptors (Lipinski definition) is 2. The minimum absolute atomic E-state index is 0.325. The van der Waals surface area contributed by atoms with Crippen molar-refractivity contribution in [1.29, 1.82) is 0 Å². The van der Waals surface area contributed by atoms with E-state index in [2.05, 4.69) is 6.92 Å². The Hall–Kier alpha value is -0.0800. The van der Waals surface area contributed by atoms with Crippen molar-refractivity contribution in [3.8, 4) is 0 Å². The van der Waals surface area contributed by atoms with Crippen molar-refractivity contribution in [3.05, 3.63) is 0 Å². The molecule has 1 rings (SSSR count). The van der Waals surface area contributed by atoms with E-state index in [-0.39, 0.29) is 0 Å². The zero-order chi connectivity index (χ0) is 8.97. The van der Waals surface area contributed by atoms with Gasteiger partial charge in [-0.1, -0.05) is 12.8 Å². The molecule has 0 amide bonds. The molecule has 12 heavy (non-hydrogen) atoms. The molecule has 0 bridgehead atoms. The Morgan fingerprint density at radius 2 is 2.08 bits per heavy atom. The van der Waals surface area contributed by atoms with Gasteiger partial charge in [-0.25, -0.2) is 0 Å². The summed E-state index contributed by atoms with van der Waals surface area (Å²) in [5.41, 5.74) is 5.78. The van der Waals surface area contributed by atoms with Gasteiger partial charge in [0.15, 0.2) is 0 Å². The van der Waals surface area contributed by atoms with Gasteiger partial charge in [0.1, 0.15) is 0 Å². The van der Waals surface area contributed by atoms with E-state index in [1.165, 1.54) is 25.7 Å². The van der Waals surface area contributed by atoms with Gasteiger partial charge in [0.05, 0.1) is 6.10 Å². The highest BCUT2D eigenvalue weighted by Crippen LogP contribution is 2.29. The van der Waals surface area contributed by atoms with E-state index in [0.29, 0.717) is 18.1 Å². The van der Waals surface area contributed by atoms with Crippen LogP contribution in [-0.4, -0.2) is 19.3 Å². The van der Waals surface area contributed by atoms with Crippen LogP contribution in [0.15, 0.2) is 0 Å². The van der Waals surface area contributed by atoms with E-state index in [0.717, 1.165) is 6.42 Å². The Labute approximate surface area is 75.5 Å². The SMILES string of the molecule is COC1CCCCC1CC(C)N. The van der Waals surface area contributed by atoms with Gasteiger partial charge in [-0.15, -0.1) is 0 Å². The second-order valence-electron chi connectivity index (χ2n) is 4.03. The molecule has 2 heteroatoms. The summed E-state index contributed by atoms with van der Waals surface area (Å²) in [7, 11) is 1.82. The van der Waals surface area contributed by atoms with Crippen molar-refractivity contribution in [2.24, 2.45) is 11.7 Å². The lowest BCUT2D eigenvalue weighted by atomic mass is 9.83. The highest BCUT2D eigenvalue weighted by Gasteiger charge is 2.25. The van der Waals surface area contributed by atoms with Crippen LogP contribution in [0.5, 0.6) is 0 Å². The molecule has 0 aliphatic heterocycles. The zero-order valence-electron chi connectivity index (χ0n) is 8.25. The first-order valence-corrected chi connectivity index (χ1v) is 5.02. The molecule has 0 aromatic heterocycles. The molecule has 0 saturated heterocycles. The van der Waals surface area contributed by atoms with E-state index >= 15 is 0 Å². The lowest BCUT2D eigenvalue weighted by Gasteiger charge is -2.31. The molecular formula is C10H21NO. The van der Waals surface area contributed by atoms with Crippen LogP contribution in [0.4, 0.5) is 0 Å². The van der Waals surface area contributed by atoms with Crippen LogP contribution in [0.25, 0.3) is 0 Å². The summed E-state index contributed by atoms with van der Waals surface area (Å²) >= 11 is 0. The lowest BCUT2D eigenvalue weighted by Crippen LogP contribution is -2.31. The highest BCUT2D eigenvalue weighted by atomic mass is 16.5. The number of methoxy groups -OCH3 is 1. The average Bonchev–Trinajstić information content (AvgIpc) is 2.04. The number of ether oxygens (including phenoxy) is 1. The Bertz CT molecular complexity index is 125. The number of rotatable bonds is 3. The summed E-state index contributed by atoms with van der Waals surface area (Å²) in [6.45, 7) is 2.08. The van der Waals surface area contributed by atoms with Gasteiger partial charge >= 0.3 is 0 Å². The van der Waals surface area contributed by atoms with E-state index in [1.54, 1.807) is 0 Å². The van der Waals surface area contributed by atoms with Gasteiger partial charge in [0.2, 0.25) is 0 Å². The van der Waals surface area contributed by atoms with Crippen LogP contribution in [0.1, 0.15) is 39.0 Å². The minimum atomic E-state index is 0.325. The Morgan fingerprint density at radius 3 is 2.67 bits per heavy atom. The van der Waals surface area contributed by atoms with Crippen LogP contribution in [0.3, 0.4) is 0 Å². The Kier molecular flexibility index (Phi) is 4.02. The van der Waals surface area contributed by atoms with Crippen molar-refractivity contribution < 1.29 is 4.74 Å². The fourth-order valence-corrected chi connectivity index (χ4v) is 2.23. The van der Waals surface area contributed by atoms with Crippen LogP contribution >= 0.6 is 0 Å². The molecule has 1 aliphatic rings. The van der Waals surface area contributed by atoms with Crippen LogP contribution in [0.2, 0.25) is 0 Å². The maximum atomic E-state index is 5.78. The second kappa shape index (κ2) is 4.83. The van der Waals surface area contributed by atoms with E-state index in [1.807, 2.05) is 7.11 Å². The fraction of sp³-hybridized carbons (Fsp3) is 1.00. The monoisotopic (exact) mass is 171 g/mol. The molecule has 1 aliphatic carbocycles. The van der Waals surface area contributed by atoms with Gasteiger partial charge in [-0.2, -0.15) is 0 Å². The third kappa shape index (κ3) is 2.76. The molecule has 2 N–H and O–H groups in total. The molecule has 0 spiro atoms. The maximum Gasteiger partial charge on any atom is 0.0600 e. The average molecular weight is 171 g/mol. The Balaban J connectivity index is 2.36. The van der Waals surface area contributed by atoms with Gasteiger partial charge in [-0.05, 0) is 32.1 Å². The molecule has 2 nitrogen and oxygen atoms in total. The molecule has 0 aromatic rings. The molecule has 0 radical (unpaired) electrons. The van der Waals surface area contributed by atoms with Gasteiger partial charge < -0.3 is 10.5 Å². The van der Waals surface area contributed by atoms with Gasteiger partial charge in [0.25, 0.3) is 0 Å². The molecular weight excluding hydrogens is 150 g/mol. The van der Waals surface area contributed by atoms with E-state index < -0.39 is 0 Å². The molecule has 3 unspecified atom stereocenters. The third-order valence-corrected chi connectivity index (χ3v) is 2.82. The maximum absolute atomic E-state index is 5.78. The second-order valence-corrected chi connectivity index (χ2v) is 4.03. The summed E-state index contributed by atoms with van der Waals surface area (Å²) in [6.07, 6.45) is 6.82. The van der Waals surface area contributed by atoms with Crippen LogP contribution in [-0.2, 0) is 4.74 Å². The first-order valence-electron chi connectivity index (χ1n) is 5.02. The molecule has 1 fully saturated rings. The van der Waals surface area contributed by atoms with Crippen LogP contribution < -0.4 is 5.73 Å². The van der Waals surface area contributed by atoms with Crippen molar-refractivity contribution in [2.45, 2.75) is 51.2 Å². The first kappa shape index (κ1) is 10.0. The van der Waals surface area contributed by atoms with E-state index in [4.69, 9.17) is 10.5 Å². The molecule has 1 saturated carbocycles. The predicted octanol–water partition coefficient (Wildman–Crippen LogP) is 1.93. The summed E-state index contributed by atoms with van der Waals surface area (Å²) in [5, 5.41) is 0. The molecule has 0 aromatic carbocycles. The van der Waals surface area contributed by atoms with Crippen molar-refractivity contribution in [1.82, 2.24) is 0 Å². The predicted molar refractivity (Wildman–Crippen MR) is 51.0 cm³/mol. The van der Waals surface area contributed by atoms with E-state index in [9.17, 15) is 0 Å². The van der Waals surface area contributed by atoms with Crippen LogP contribution in [0, 0.1) is 5.92 Å². The fourth-order valence-electron chi connectivity index (χ4n) is 2.23. The summed E-state index contributed by atoms with van der Waals surface area (Å²) in [4.78, 5) is 0. The topological polar surface area (TPSA) is 35.2 Å². The lowest BCUT2D eigenvalue weighted by molar-refractivity contribution is 0.0185. The number of hydrogen-bond donors (Lipinski definition) is 1. The smallest absolute Gasteiger partial charge is 0.0600 e. The highest BCUT2D eigenvalue weighted by molar-refractivity contribution is 4.77. The zero-order valence-corrected chi connectivity index (χ0v) is 8.25. The Morgan fingerprint density at radius 1 is 1.42 bits per heavy atom. The van der Waals surface area contributed by atoms with Gasteiger partial charge in [0, 0.05) is 13.2 Å². The van der Waals surface area contributed by atoms with Gasteiger partial charge in [-0.3, -0.25) is 0 Å². The summed E-state index contributed by atoms with van der Waals surface area (Å²) in [5.74, 6) is 0.712. The normalized spacial score (nSPS) is 33.2. The largest absolute Gasteiger partial charge is 0.381 e. The first-order chi connectivity index (χ1) is 5.74. The third-order valence-electron chi connectivity index (χ3n) is 2.82. The molecule has 3 atom stereocenters. The minimum Gasteiger partial charge on any atom is -0.381 e. The standard InChI is InChI=1S/C10H21NO/c1-8(11)7-9-5-3-4-6-10(9)12-2/h8-10H,3-7,11H2,1-2H3. The van der Waals surface area contributed by atoms with Crippen molar-refractivity contribution in [2.75, 3.05) is 7.11 Å². The van der Waals surface area contributed by atoms with Crippen molar-refractivity contribution >= 4 is 0 Å². The quantitative estimate of drug-likeness (QED) is 0.704. The summed E-state index contributed by atoms with van der Waals surface area (Å²) in [6, 6.07) is 0.325. The molecule has 0 heterocycles. The molecule has 72 valence electrons. The summed E-state index contributed by atoms with van der Waals surface area (Å²) < 4.78 is 5.45.